The van der Waals surface area contributed by atoms with Crippen molar-refractivity contribution < 1.29 is 4.79 Å². The van der Waals surface area contributed by atoms with E-state index in [9.17, 15) is 4.79 Å². The summed E-state index contributed by atoms with van der Waals surface area (Å²) in [5, 5.41) is 3.10. The van der Waals surface area contributed by atoms with E-state index in [1.165, 1.54) is 12.8 Å². The Morgan fingerprint density at radius 3 is 2.38 bits per heavy atom. The third kappa shape index (κ3) is 3.78. The highest BCUT2D eigenvalue weighted by molar-refractivity contribution is 5.79. The summed E-state index contributed by atoms with van der Waals surface area (Å²) < 4.78 is 0. The Morgan fingerprint density at radius 2 is 1.88 bits per heavy atom. The predicted molar refractivity (Wildman–Crippen MR) is 66.9 cm³/mol. The van der Waals surface area contributed by atoms with Crippen molar-refractivity contribution in [3.63, 3.8) is 0 Å². The van der Waals surface area contributed by atoms with Gasteiger partial charge in [-0.2, -0.15) is 0 Å². The molecule has 0 aliphatic heterocycles. The Labute approximate surface area is 99.2 Å². The number of nitrogens with one attached hydrogen (secondary N) is 1. The van der Waals surface area contributed by atoms with E-state index in [1.807, 2.05) is 6.92 Å². The van der Waals surface area contributed by atoms with Gasteiger partial charge in [0.05, 0.1) is 0 Å². The molecular weight excluding hydrogens is 200 g/mol. The quantitative estimate of drug-likeness (QED) is 0.769. The first-order valence-corrected chi connectivity index (χ1v) is 6.55. The van der Waals surface area contributed by atoms with Crippen LogP contribution in [-0.4, -0.2) is 18.5 Å². The van der Waals surface area contributed by atoms with Crippen LogP contribution in [0.4, 0.5) is 0 Å². The van der Waals surface area contributed by atoms with E-state index in [0.717, 1.165) is 18.8 Å². The van der Waals surface area contributed by atoms with E-state index in [4.69, 9.17) is 5.73 Å². The van der Waals surface area contributed by atoms with Crippen molar-refractivity contribution in [1.29, 1.82) is 0 Å². The molecule has 2 atom stereocenters. The molecule has 94 valence electrons. The molecule has 0 aromatic rings. The van der Waals surface area contributed by atoms with Crippen molar-refractivity contribution in [2.45, 2.75) is 52.5 Å². The van der Waals surface area contributed by atoms with Gasteiger partial charge in [-0.05, 0) is 51.0 Å². The van der Waals surface area contributed by atoms with Crippen molar-refractivity contribution >= 4 is 5.91 Å². The Bertz CT molecular complexity index is 222. The average molecular weight is 226 g/mol. The van der Waals surface area contributed by atoms with Crippen molar-refractivity contribution in [2.75, 3.05) is 6.54 Å². The summed E-state index contributed by atoms with van der Waals surface area (Å²) in [5.74, 6) is 1.62. The average Bonchev–Trinajstić information content (AvgIpc) is 2.28. The molecule has 0 radical (unpaired) electrons. The molecule has 0 bridgehead atoms. The van der Waals surface area contributed by atoms with Gasteiger partial charge in [0.15, 0.2) is 0 Å². The van der Waals surface area contributed by atoms with Gasteiger partial charge in [0.2, 0.25) is 5.91 Å². The molecule has 1 saturated carbocycles. The molecule has 0 heterocycles. The molecule has 16 heavy (non-hydrogen) atoms. The Hall–Kier alpha value is -0.570. The molecule has 2 unspecified atom stereocenters. The van der Waals surface area contributed by atoms with E-state index in [-0.39, 0.29) is 17.9 Å². The van der Waals surface area contributed by atoms with Crippen LogP contribution in [0.3, 0.4) is 0 Å². The maximum absolute atomic E-state index is 12.0. The third-order valence-corrected chi connectivity index (χ3v) is 3.98. The Balaban J connectivity index is 2.34. The van der Waals surface area contributed by atoms with Crippen molar-refractivity contribution in [2.24, 2.45) is 23.5 Å². The standard InChI is InChI=1S/C13H26N2O/c1-9-4-6-12(7-5-9)13(16)15-11(3)10(2)8-14/h9-12H,4-8,14H2,1-3H3,(H,15,16). The molecule has 1 fully saturated rings. The lowest BCUT2D eigenvalue weighted by molar-refractivity contribution is -0.127. The molecule has 0 aromatic heterocycles. The van der Waals surface area contributed by atoms with Gasteiger partial charge >= 0.3 is 0 Å². The van der Waals surface area contributed by atoms with Gasteiger partial charge in [0.1, 0.15) is 0 Å². The van der Waals surface area contributed by atoms with Crippen LogP contribution in [0.25, 0.3) is 0 Å². The second-order valence-corrected chi connectivity index (χ2v) is 5.47. The van der Waals surface area contributed by atoms with Crippen LogP contribution in [0.2, 0.25) is 0 Å². The molecule has 3 nitrogen and oxygen atoms in total. The highest BCUT2D eigenvalue weighted by Crippen LogP contribution is 2.28. The first-order valence-electron chi connectivity index (χ1n) is 6.55. The lowest BCUT2D eigenvalue weighted by atomic mass is 9.82. The summed E-state index contributed by atoms with van der Waals surface area (Å²) in [6.07, 6.45) is 4.49. The number of hydrogen-bond acceptors (Lipinski definition) is 2. The number of carbonyl (C=O) groups excluding carboxylic acids is 1. The summed E-state index contributed by atoms with van der Waals surface area (Å²) in [5.41, 5.74) is 5.59. The van der Waals surface area contributed by atoms with Crippen molar-refractivity contribution in [1.82, 2.24) is 5.32 Å². The maximum atomic E-state index is 12.0. The maximum Gasteiger partial charge on any atom is 0.223 e. The van der Waals surface area contributed by atoms with Gasteiger partial charge in [0, 0.05) is 12.0 Å². The van der Waals surface area contributed by atoms with Gasteiger partial charge in [-0.1, -0.05) is 13.8 Å². The molecule has 1 amide bonds. The summed E-state index contributed by atoms with van der Waals surface area (Å²) in [6, 6.07) is 0.192. The number of carbonyl (C=O) groups is 1. The largest absolute Gasteiger partial charge is 0.353 e. The second kappa shape index (κ2) is 6.24. The van der Waals surface area contributed by atoms with Gasteiger partial charge in [-0.3, -0.25) is 4.79 Å². The predicted octanol–water partition coefficient (Wildman–Crippen LogP) is 1.91. The fraction of sp³-hybridized carbons (Fsp3) is 0.923. The summed E-state index contributed by atoms with van der Waals surface area (Å²) >= 11 is 0. The second-order valence-electron chi connectivity index (χ2n) is 5.47. The smallest absolute Gasteiger partial charge is 0.223 e. The number of nitrogens with two attached hydrogens (primary N) is 1. The zero-order valence-electron chi connectivity index (χ0n) is 10.8. The highest BCUT2D eigenvalue weighted by atomic mass is 16.1. The fourth-order valence-electron chi connectivity index (χ4n) is 2.21. The molecule has 3 N–H and O–H groups in total. The van der Waals surface area contributed by atoms with Crippen LogP contribution in [0.1, 0.15) is 46.5 Å². The minimum atomic E-state index is 0.192. The van der Waals surface area contributed by atoms with Gasteiger partial charge in [-0.15, -0.1) is 0 Å². The van der Waals surface area contributed by atoms with Gasteiger partial charge in [0.25, 0.3) is 0 Å². The van der Waals surface area contributed by atoms with E-state index in [2.05, 4.69) is 19.2 Å². The van der Waals surface area contributed by atoms with Crippen molar-refractivity contribution in [3.8, 4) is 0 Å². The van der Waals surface area contributed by atoms with Crippen molar-refractivity contribution in [3.05, 3.63) is 0 Å². The molecule has 1 aliphatic carbocycles. The lowest BCUT2D eigenvalue weighted by Crippen LogP contribution is -2.43. The molecule has 1 aliphatic rings. The molecule has 0 spiro atoms. The number of amides is 1. The third-order valence-electron chi connectivity index (χ3n) is 3.98. The zero-order chi connectivity index (χ0) is 12.1. The number of rotatable bonds is 4. The summed E-state index contributed by atoms with van der Waals surface area (Å²) in [7, 11) is 0. The lowest BCUT2D eigenvalue weighted by Gasteiger charge is -2.28. The van der Waals surface area contributed by atoms with Crippen LogP contribution >= 0.6 is 0 Å². The fourth-order valence-corrected chi connectivity index (χ4v) is 2.21. The molecular formula is C13H26N2O. The van der Waals surface area contributed by atoms with Crippen LogP contribution in [-0.2, 0) is 4.79 Å². The van der Waals surface area contributed by atoms with Crippen LogP contribution < -0.4 is 11.1 Å². The molecule has 0 saturated heterocycles. The summed E-state index contributed by atoms with van der Waals surface area (Å²) in [6.45, 7) is 7.02. The molecule has 3 heteroatoms. The van der Waals surface area contributed by atoms with E-state index in [0.29, 0.717) is 12.5 Å². The van der Waals surface area contributed by atoms with E-state index < -0.39 is 0 Å². The normalized spacial score (nSPS) is 29.5. The Morgan fingerprint density at radius 1 is 1.31 bits per heavy atom. The topological polar surface area (TPSA) is 55.1 Å². The first-order chi connectivity index (χ1) is 7.54. The van der Waals surface area contributed by atoms with E-state index in [1.54, 1.807) is 0 Å². The summed E-state index contributed by atoms with van der Waals surface area (Å²) in [4.78, 5) is 12.0. The van der Waals surface area contributed by atoms with Crippen LogP contribution in [0, 0.1) is 17.8 Å². The van der Waals surface area contributed by atoms with Gasteiger partial charge in [-0.25, -0.2) is 0 Å². The minimum Gasteiger partial charge on any atom is -0.353 e. The molecule has 1 rings (SSSR count). The highest BCUT2D eigenvalue weighted by Gasteiger charge is 2.25. The van der Waals surface area contributed by atoms with E-state index >= 15 is 0 Å². The number of hydrogen-bond donors (Lipinski definition) is 2. The van der Waals surface area contributed by atoms with Crippen LogP contribution in [0.5, 0.6) is 0 Å². The minimum absolute atomic E-state index is 0.192. The first kappa shape index (κ1) is 13.5. The SMILES string of the molecule is CC1CCC(C(=O)NC(C)C(C)CN)CC1. The molecule has 0 aromatic carbocycles. The van der Waals surface area contributed by atoms with Crippen LogP contribution in [0.15, 0.2) is 0 Å². The Kier molecular flexibility index (Phi) is 5.26. The zero-order valence-corrected chi connectivity index (χ0v) is 10.8. The monoisotopic (exact) mass is 226 g/mol. The van der Waals surface area contributed by atoms with Gasteiger partial charge < -0.3 is 11.1 Å².